The van der Waals surface area contributed by atoms with Crippen LogP contribution in [0.25, 0.3) is 0 Å². The minimum absolute atomic E-state index is 0.196. The van der Waals surface area contributed by atoms with E-state index in [9.17, 15) is 14.7 Å². The number of nitrogens with zero attached hydrogens (tertiary/aromatic N) is 1. The summed E-state index contributed by atoms with van der Waals surface area (Å²) in [7, 11) is 0. The fraction of sp³-hybridized carbons (Fsp3) is 0.600. The van der Waals surface area contributed by atoms with Gasteiger partial charge in [0.15, 0.2) is 0 Å². The standard InChI is InChI=1S/C20H29NO4/c1-4-5-7-12-17(22)20(2,3)18(23)21-16(14-25-19(21)24)13-15-10-8-6-9-11-15/h6,8-11,16-17,22H,4-5,7,12-14H2,1-3H3/t16-,17-/m1/s1. The van der Waals surface area contributed by atoms with Gasteiger partial charge in [-0.3, -0.25) is 4.79 Å². The lowest BCUT2D eigenvalue weighted by Gasteiger charge is -2.33. The van der Waals surface area contributed by atoms with Crippen LogP contribution in [-0.4, -0.2) is 40.8 Å². The maximum absolute atomic E-state index is 13.0. The molecule has 1 aliphatic rings. The first-order valence-corrected chi connectivity index (χ1v) is 9.10. The molecule has 0 bridgehead atoms. The molecular formula is C20H29NO4. The van der Waals surface area contributed by atoms with Gasteiger partial charge in [0.2, 0.25) is 5.91 Å². The fourth-order valence-electron chi connectivity index (χ4n) is 3.15. The summed E-state index contributed by atoms with van der Waals surface area (Å²) in [6, 6.07) is 9.40. The summed E-state index contributed by atoms with van der Waals surface area (Å²) in [6.45, 7) is 5.70. The van der Waals surface area contributed by atoms with Gasteiger partial charge >= 0.3 is 6.09 Å². The molecule has 2 rings (SSSR count). The van der Waals surface area contributed by atoms with Gasteiger partial charge in [-0.2, -0.15) is 0 Å². The van der Waals surface area contributed by atoms with Crippen molar-refractivity contribution in [3.8, 4) is 0 Å². The Bertz CT molecular complexity index is 585. The number of aliphatic hydroxyl groups excluding tert-OH is 1. The number of cyclic esters (lactones) is 1. The summed E-state index contributed by atoms with van der Waals surface area (Å²) >= 11 is 0. The number of hydrogen-bond acceptors (Lipinski definition) is 4. The van der Waals surface area contributed by atoms with Gasteiger partial charge in [0, 0.05) is 0 Å². The van der Waals surface area contributed by atoms with Crippen molar-refractivity contribution in [2.45, 2.75) is 65.0 Å². The fourth-order valence-corrected chi connectivity index (χ4v) is 3.15. The molecule has 0 unspecified atom stereocenters. The van der Waals surface area contributed by atoms with Gasteiger partial charge < -0.3 is 9.84 Å². The Morgan fingerprint density at radius 3 is 2.64 bits per heavy atom. The van der Waals surface area contributed by atoms with E-state index in [1.54, 1.807) is 13.8 Å². The Kier molecular flexibility index (Phi) is 6.59. The normalized spacial score (nSPS) is 19.0. The lowest BCUT2D eigenvalue weighted by atomic mass is 9.82. The van der Waals surface area contributed by atoms with Gasteiger partial charge in [-0.1, -0.05) is 56.5 Å². The van der Waals surface area contributed by atoms with Crippen molar-refractivity contribution < 1.29 is 19.4 Å². The van der Waals surface area contributed by atoms with E-state index in [0.717, 1.165) is 24.8 Å². The van der Waals surface area contributed by atoms with Crippen LogP contribution in [0.4, 0.5) is 4.79 Å². The summed E-state index contributed by atoms with van der Waals surface area (Å²) in [4.78, 5) is 26.4. The minimum Gasteiger partial charge on any atom is -0.447 e. The average molecular weight is 347 g/mol. The third-order valence-electron chi connectivity index (χ3n) is 4.96. The molecule has 0 saturated carbocycles. The number of hydrogen-bond donors (Lipinski definition) is 1. The Balaban J connectivity index is 2.09. The highest BCUT2D eigenvalue weighted by atomic mass is 16.6. The number of unbranched alkanes of at least 4 members (excludes halogenated alkanes) is 2. The van der Waals surface area contributed by atoms with Crippen molar-refractivity contribution >= 4 is 12.0 Å². The molecular weight excluding hydrogens is 318 g/mol. The molecule has 1 heterocycles. The first-order valence-electron chi connectivity index (χ1n) is 9.10. The van der Waals surface area contributed by atoms with Gasteiger partial charge in [-0.15, -0.1) is 0 Å². The Morgan fingerprint density at radius 1 is 1.32 bits per heavy atom. The van der Waals surface area contributed by atoms with Crippen LogP contribution in [0.3, 0.4) is 0 Å². The highest BCUT2D eigenvalue weighted by molar-refractivity contribution is 5.96. The second kappa shape index (κ2) is 8.48. The van der Waals surface area contributed by atoms with Crippen LogP contribution in [0, 0.1) is 5.41 Å². The van der Waals surface area contributed by atoms with Crippen LogP contribution in [-0.2, 0) is 16.0 Å². The maximum atomic E-state index is 13.0. The zero-order chi connectivity index (χ0) is 18.4. The van der Waals surface area contributed by atoms with Gasteiger partial charge in [-0.05, 0) is 32.3 Å². The summed E-state index contributed by atoms with van der Waals surface area (Å²) in [5.41, 5.74) is 0.0244. The number of amides is 2. The van der Waals surface area contributed by atoms with E-state index in [1.807, 2.05) is 30.3 Å². The number of imide groups is 1. The van der Waals surface area contributed by atoms with Crippen molar-refractivity contribution in [2.75, 3.05) is 6.61 Å². The maximum Gasteiger partial charge on any atom is 0.417 e. The Hall–Kier alpha value is -1.88. The minimum atomic E-state index is -1.02. The molecule has 1 saturated heterocycles. The van der Waals surface area contributed by atoms with Crippen molar-refractivity contribution in [1.82, 2.24) is 4.90 Å². The molecule has 1 fully saturated rings. The van der Waals surface area contributed by atoms with Crippen molar-refractivity contribution in [3.05, 3.63) is 35.9 Å². The smallest absolute Gasteiger partial charge is 0.417 e. The van der Waals surface area contributed by atoms with Crippen LogP contribution in [0.15, 0.2) is 30.3 Å². The highest BCUT2D eigenvalue weighted by Gasteiger charge is 2.46. The molecule has 0 aromatic heterocycles. The van der Waals surface area contributed by atoms with E-state index in [0.29, 0.717) is 12.8 Å². The number of aliphatic hydroxyl groups is 1. The molecule has 25 heavy (non-hydrogen) atoms. The first-order chi connectivity index (χ1) is 11.9. The quantitative estimate of drug-likeness (QED) is 0.730. The summed E-state index contributed by atoms with van der Waals surface area (Å²) < 4.78 is 5.13. The molecule has 138 valence electrons. The van der Waals surface area contributed by atoms with E-state index < -0.39 is 17.6 Å². The molecule has 2 amide bonds. The molecule has 1 aromatic rings. The molecule has 5 heteroatoms. The van der Waals surface area contributed by atoms with Gasteiger partial charge in [-0.25, -0.2) is 9.69 Å². The molecule has 1 N–H and O–H groups in total. The molecule has 1 aliphatic heterocycles. The zero-order valence-electron chi connectivity index (χ0n) is 15.4. The van der Waals surface area contributed by atoms with Gasteiger partial charge in [0.25, 0.3) is 0 Å². The molecule has 0 radical (unpaired) electrons. The van der Waals surface area contributed by atoms with E-state index in [4.69, 9.17) is 4.74 Å². The molecule has 0 spiro atoms. The summed E-state index contributed by atoms with van der Waals surface area (Å²) in [6.07, 6.45) is 2.66. The number of rotatable bonds is 8. The number of ether oxygens (including phenoxy) is 1. The topological polar surface area (TPSA) is 66.8 Å². The predicted molar refractivity (Wildman–Crippen MR) is 96.1 cm³/mol. The van der Waals surface area contributed by atoms with E-state index in [1.165, 1.54) is 4.90 Å². The van der Waals surface area contributed by atoms with Crippen molar-refractivity contribution in [1.29, 1.82) is 0 Å². The van der Waals surface area contributed by atoms with Crippen LogP contribution in [0.5, 0.6) is 0 Å². The number of benzene rings is 1. The van der Waals surface area contributed by atoms with E-state index in [2.05, 4.69) is 6.92 Å². The van der Waals surface area contributed by atoms with Gasteiger partial charge in [0.05, 0.1) is 17.6 Å². The number of carbonyl (C=O) groups is 2. The van der Waals surface area contributed by atoms with Crippen LogP contribution >= 0.6 is 0 Å². The monoisotopic (exact) mass is 347 g/mol. The zero-order valence-corrected chi connectivity index (χ0v) is 15.4. The van der Waals surface area contributed by atoms with Crippen molar-refractivity contribution in [2.24, 2.45) is 5.41 Å². The molecule has 1 aromatic carbocycles. The van der Waals surface area contributed by atoms with Crippen LogP contribution in [0.1, 0.15) is 52.0 Å². The SMILES string of the molecule is CCCCC[C@@H](O)C(C)(C)C(=O)N1C(=O)OC[C@H]1Cc1ccccc1. The largest absolute Gasteiger partial charge is 0.447 e. The highest BCUT2D eigenvalue weighted by Crippen LogP contribution is 2.31. The van der Waals surface area contributed by atoms with Crippen LogP contribution in [0.2, 0.25) is 0 Å². The second-order valence-electron chi connectivity index (χ2n) is 7.33. The first kappa shape index (κ1) is 19.4. The summed E-state index contributed by atoms with van der Waals surface area (Å²) in [5.74, 6) is -0.361. The van der Waals surface area contributed by atoms with E-state index >= 15 is 0 Å². The number of carbonyl (C=O) groups excluding carboxylic acids is 2. The third kappa shape index (κ3) is 4.60. The second-order valence-corrected chi connectivity index (χ2v) is 7.33. The molecule has 2 atom stereocenters. The molecule has 5 nitrogen and oxygen atoms in total. The van der Waals surface area contributed by atoms with Crippen LogP contribution < -0.4 is 0 Å². The predicted octanol–water partition coefficient (Wildman–Crippen LogP) is 3.54. The Morgan fingerprint density at radius 2 is 2.00 bits per heavy atom. The summed E-state index contributed by atoms with van der Waals surface area (Å²) in [5, 5.41) is 10.5. The molecule has 0 aliphatic carbocycles. The average Bonchev–Trinajstić information content (AvgIpc) is 2.95. The lowest BCUT2D eigenvalue weighted by Crippen LogP contribution is -2.51. The van der Waals surface area contributed by atoms with Crippen molar-refractivity contribution in [3.63, 3.8) is 0 Å². The van der Waals surface area contributed by atoms with E-state index in [-0.39, 0.29) is 18.6 Å². The van der Waals surface area contributed by atoms with Gasteiger partial charge in [0.1, 0.15) is 6.61 Å². The Labute approximate surface area is 150 Å². The lowest BCUT2D eigenvalue weighted by molar-refractivity contribution is -0.144. The third-order valence-corrected chi connectivity index (χ3v) is 4.96.